The summed E-state index contributed by atoms with van der Waals surface area (Å²) in [5.41, 5.74) is 7.44. The van der Waals surface area contributed by atoms with E-state index >= 15 is 0 Å². The van der Waals surface area contributed by atoms with Crippen molar-refractivity contribution in [1.82, 2.24) is 19.7 Å². The van der Waals surface area contributed by atoms with Gasteiger partial charge >= 0.3 is 6.01 Å². The van der Waals surface area contributed by atoms with Crippen LogP contribution in [0.15, 0.2) is 57.7 Å². The van der Waals surface area contributed by atoms with Gasteiger partial charge in [0.25, 0.3) is 11.4 Å². The molecule has 7 heteroatoms. The third-order valence-corrected chi connectivity index (χ3v) is 3.74. The summed E-state index contributed by atoms with van der Waals surface area (Å²) in [5, 5.41) is 8.47. The van der Waals surface area contributed by atoms with E-state index in [1.165, 1.54) is 4.57 Å². The topological polar surface area (TPSA) is 99.8 Å². The number of nitrogens with two attached hydrogens (primary N) is 1. The molecule has 0 fully saturated rings. The molecule has 0 saturated carbocycles. The lowest BCUT2D eigenvalue weighted by molar-refractivity contribution is 0.527. The van der Waals surface area contributed by atoms with Gasteiger partial charge in [0.15, 0.2) is 0 Å². The zero-order valence-electron chi connectivity index (χ0n) is 12.8. The first-order valence-corrected chi connectivity index (χ1v) is 7.32. The number of benzene rings is 2. The van der Waals surface area contributed by atoms with Gasteiger partial charge in [0.05, 0.1) is 16.5 Å². The molecule has 24 heavy (non-hydrogen) atoms. The summed E-state index contributed by atoms with van der Waals surface area (Å²) in [5.74, 6) is 0.720. The number of anilines is 1. The summed E-state index contributed by atoms with van der Waals surface area (Å²) < 4.78 is 6.97. The van der Waals surface area contributed by atoms with Crippen LogP contribution in [-0.4, -0.2) is 19.7 Å². The predicted octanol–water partition coefficient (Wildman–Crippen LogP) is 2.33. The lowest BCUT2D eigenvalue weighted by Crippen LogP contribution is -2.22. The molecule has 2 N–H and O–H groups in total. The van der Waals surface area contributed by atoms with Gasteiger partial charge in [0.1, 0.15) is 5.82 Å². The SMILES string of the molecule is Cc1nc2ccccc2c(=O)n1-c1nnc(-c2ccccc2N)o1. The van der Waals surface area contributed by atoms with Crippen molar-refractivity contribution in [2.75, 3.05) is 5.73 Å². The molecule has 0 bridgehead atoms. The number of fused-ring (bicyclic) bond motifs is 1. The van der Waals surface area contributed by atoms with Crippen LogP contribution in [0, 0.1) is 6.92 Å². The molecule has 0 aliphatic rings. The highest BCUT2D eigenvalue weighted by molar-refractivity contribution is 5.77. The third-order valence-electron chi connectivity index (χ3n) is 3.74. The Labute approximate surface area is 136 Å². The summed E-state index contributed by atoms with van der Waals surface area (Å²) in [6.07, 6.45) is 0. The van der Waals surface area contributed by atoms with Crippen molar-refractivity contribution in [3.63, 3.8) is 0 Å². The molecule has 0 aliphatic heterocycles. The molecule has 118 valence electrons. The Bertz CT molecular complexity index is 1110. The molecule has 0 radical (unpaired) electrons. The maximum Gasteiger partial charge on any atom is 0.331 e. The van der Waals surface area contributed by atoms with E-state index in [9.17, 15) is 4.79 Å². The minimum Gasteiger partial charge on any atom is -0.403 e. The minimum absolute atomic E-state index is 0.0639. The van der Waals surface area contributed by atoms with Crippen LogP contribution in [0.25, 0.3) is 28.4 Å². The number of nitrogen functional groups attached to an aromatic ring is 1. The van der Waals surface area contributed by atoms with Gasteiger partial charge in [-0.05, 0) is 31.2 Å². The van der Waals surface area contributed by atoms with E-state index in [2.05, 4.69) is 15.2 Å². The largest absolute Gasteiger partial charge is 0.403 e. The number of para-hydroxylation sites is 2. The first-order chi connectivity index (χ1) is 11.6. The van der Waals surface area contributed by atoms with Gasteiger partial charge in [-0.15, -0.1) is 5.10 Å². The van der Waals surface area contributed by atoms with E-state index < -0.39 is 0 Å². The molecule has 0 saturated heterocycles. The van der Waals surface area contributed by atoms with Crippen LogP contribution in [-0.2, 0) is 0 Å². The number of aryl methyl sites for hydroxylation is 1. The van der Waals surface area contributed by atoms with Crippen molar-refractivity contribution in [1.29, 1.82) is 0 Å². The zero-order chi connectivity index (χ0) is 16.7. The number of nitrogens with zero attached hydrogens (tertiary/aromatic N) is 4. The van der Waals surface area contributed by atoms with Gasteiger partial charge < -0.3 is 10.2 Å². The highest BCUT2D eigenvalue weighted by Gasteiger charge is 2.17. The molecule has 0 atom stereocenters. The van der Waals surface area contributed by atoms with Crippen molar-refractivity contribution in [3.05, 3.63) is 64.7 Å². The fourth-order valence-electron chi connectivity index (χ4n) is 2.58. The second-order valence-electron chi connectivity index (χ2n) is 5.29. The van der Waals surface area contributed by atoms with Crippen molar-refractivity contribution in [2.45, 2.75) is 6.92 Å². The Morgan fingerprint density at radius 2 is 1.79 bits per heavy atom. The summed E-state index contributed by atoms with van der Waals surface area (Å²) in [7, 11) is 0. The van der Waals surface area contributed by atoms with Gasteiger partial charge in [-0.2, -0.15) is 0 Å². The van der Waals surface area contributed by atoms with E-state index in [4.69, 9.17) is 10.2 Å². The third kappa shape index (κ3) is 2.14. The molecular formula is C17H13N5O2. The quantitative estimate of drug-likeness (QED) is 0.569. The standard InChI is InChI=1S/C17H13N5O2/c1-10-19-14-9-5-3-7-12(14)16(23)22(10)17-21-20-15(24-17)11-6-2-4-8-13(11)18/h2-9H,18H2,1H3. The fourth-order valence-corrected chi connectivity index (χ4v) is 2.58. The molecular weight excluding hydrogens is 306 g/mol. The van der Waals surface area contributed by atoms with Crippen molar-refractivity contribution in [2.24, 2.45) is 0 Å². The summed E-state index contributed by atoms with van der Waals surface area (Å²) in [6.45, 7) is 1.72. The van der Waals surface area contributed by atoms with Gasteiger partial charge in [-0.3, -0.25) is 4.79 Å². The highest BCUT2D eigenvalue weighted by Crippen LogP contribution is 2.25. The van der Waals surface area contributed by atoms with Crippen LogP contribution in [0.3, 0.4) is 0 Å². The molecule has 2 heterocycles. The minimum atomic E-state index is -0.255. The summed E-state index contributed by atoms with van der Waals surface area (Å²) >= 11 is 0. The Morgan fingerprint density at radius 1 is 1.04 bits per heavy atom. The van der Waals surface area contributed by atoms with Crippen LogP contribution in [0.5, 0.6) is 0 Å². The van der Waals surface area contributed by atoms with Crippen LogP contribution < -0.4 is 11.3 Å². The smallest absolute Gasteiger partial charge is 0.331 e. The monoisotopic (exact) mass is 319 g/mol. The molecule has 2 aromatic carbocycles. The van der Waals surface area contributed by atoms with E-state index in [1.807, 2.05) is 18.2 Å². The van der Waals surface area contributed by atoms with Gasteiger partial charge in [0.2, 0.25) is 0 Å². The average molecular weight is 319 g/mol. The van der Waals surface area contributed by atoms with E-state index in [1.54, 1.807) is 37.3 Å². The number of rotatable bonds is 2. The van der Waals surface area contributed by atoms with Crippen LogP contribution >= 0.6 is 0 Å². The average Bonchev–Trinajstić information content (AvgIpc) is 3.04. The number of aromatic nitrogens is 4. The van der Waals surface area contributed by atoms with Crippen molar-refractivity contribution in [3.8, 4) is 17.5 Å². The first-order valence-electron chi connectivity index (χ1n) is 7.32. The Balaban J connectivity index is 1.91. The van der Waals surface area contributed by atoms with Gasteiger partial charge in [-0.25, -0.2) is 9.55 Å². The Morgan fingerprint density at radius 3 is 2.62 bits per heavy atom. The molecule has 4 rings (SSSR count). The number of hydrogen-bond donors (Lipinski definition) is 1. The van der Waals surface area contributed by atoms with E-state index in [0.717, 1.165) is 0 Å². The lowest BCUT2D eigenvalue weighted by Gasteiger charge is -2.06. The lowest BCUT2D eigenvalue weighted by atomic mass is 10.2. The second kappa shape index (κ2) is 5.31. The molecule has 0 aliphatic carbocycles. The van der Waals surface area contributed by atoms with Crippen LogP contribution in [0.1, 0.15) is 5.82 Å². The van der Waals surface area contributed by atoms with Crippen LogP contribution in [0.2, 0.25) is 0 Å². The maximum atomic E-state index is 12.7. The first kappa shape index (κ1) is 14.1. The summed E-state index contributed by atoms with van der Waals surface area (Å²) in [6, 6.07) is 14.4. The molecule has 4 aromatic rings. The predicted molar refractivity (Wildman–Crippen MR) is 89.8 cm³/mol. The number of hydrogen-bond acceptors (Lipinski definition) is 6. The summed E-state index contributed by atoms with van der Waals surface area (Å²) in [4.78, 5) is 17.2. The second-order valence-corrected chi connectivity index (χ2v) is 5.29. The normalized spacial score (nSPS) is 11.0. The fraction of sp³-hybridized carbons (Fsp3) is 0.0588. The van der Waals surface area contributed by atoms with Crippen LogP contribution in [0.4, 0.5) is 5.69 Å². The van der Waals surface area contributed by atoms with E-state index in [-0.39, 0.29) is 17.5 Å². The zero-order valence-corrected chi connectivity index (χ0v) is 12.8. The maximum absolute atomic E-state index is 12.7. The molecule has 0 spiro atoms. The van der Waals surface area contributed by atoms with E-state index in [0.29, 0.717) is 28.0 Å². The molecule has 0 amide bonds. The Kier molecular flexibility index (Phi) is 3.13. The van der Waals surface area contributed by atoms with Crippen molar-refractivity contribution >= 4 is 16.6 Å². The Hall–Kier alpha value is -3.48. The van der Waals surface area contributed by atoms with Crippen molar-refractivity contribution < 1.29 is 4.42 Å². The molecule has 2 aromatic heterocycles. The van der Waals surface area contributed by atoms with Gasteiger partial charge in [-0.1, -0.05) is 29.4 Å². The molecule has 7 nitrogen and oxygen atoms in total. The highest BCUT2D eigenvalue weighted by atomic mass is 16.4. The van der Waals surface area contributed by atoms with Gasteiger partial charge in [0, 0.05) is 5.69 Å². The molecule has 0 unspecified atom stereocenters.